The fourth-order valence-electron chi connectivity index (χ4n) is 2.82. The lowest BCUT2D eigenvalue weighted by atomic mass is 10.2. The SMILES string of the molecule is CC(=O)NCC1CN(c2ccc(N3CCOCC3)c(Cl)c2)C(=O)O1. The number of hydrogen-bond acceptors (Lipinski definition) is 5. The molecule has 1 aromatic rings. The molecule has 0 spiro atoms. The molecule has 1 aromatic carbocycles. The summed E-state index contributed by atoms with van der Waals surface area (Å²) in [6.45, 7) is 5.07. The number of morpholine rings is 1. The third-order valence-electron chi connectivity index (χ3n) is 4.05. The van der Waals surface area contributed by atoms with Gasteiger partial charge in [0.15, 0.2) is 0 Å². The van der Waals surface area contributed by atoms with Crippen molar-refractivity contribution in [3.63, 3.8) is 0 Å². The Morgan fingerprint density at radius 1 is 1.38 bits per heavy atom. The predicted molar refractivity (Wildman–Crippen MR) is 90.8 cm³/mol. The standard InChI is InChI=1S/C16H20ClN3O4/c1-11(21)18-9-13-10-20(16(22)24-13)12-2-3-15(14(17)8-12)19-4-6-23-7-5-19/h2-3,8,13H,4-7,9-10H2,1H3,(H,18,21). The Hall–Kier alpha value is -1.99. The molecule has 1 unspecified atom stereocenters. The maximum atomic E-state index is 12.0. The molecule has 7 nitrogen and oxygen atoms in total. The molecule has 8 heteroatoms. The van der Waals surface area contributed by atoms with E-state index in [1.165, 1.54) is 11.8 Å². The summed E-state index contributed by atoms with van der Waals surface area (Å²) in [5, 5.41) is 3.25. The van der Waals surface area contributed by atoms with Gasteiger partial charge >= 0.3 is 6.09 Å². The highest BCUT2D eigenvalue weighted by molar-refractivity contribution is 6.33. The van der Waals surface area contributed by atoms with Crippen LogP contribution in [0, 0.1) is 0 Å². The van der Waals surface area contributed by atoms with Gasteiger partial charge in [0.25, 0.3) is 0 Å². The van der Waals surface area contributed by atoms with Crippen LogP contribution in [-0.2, 0) is 14.3 Å². The van der Waals surface area contributed by atoms with Crippen molar-refractivity contribution in [3.05, 3.63) is 23.2 Å². The second-order valence-electron chi connectivity index (χ2n) is 5.79. The van der Waals surface area contributed by atoms with Crippen molar-refractivity contribution >= 4 is 35.0 Å². The van der Waals surface area contributed by atoms with Crippen LogP contribution in [0.5, 0.6) is 0 Å². The highest BCUT2D eigenvalue weighted by Gasteiger charge is 2.32. The lowest BCUT2D eigenvalue weighted by Gasteiger charge is -2.30. The summed E-state index contributed by atoms with van der Waals surface area (Å²) in [5.74, 6) is -0.151. The topological polar surface area (TPSA) is 71.1 Å². The van der Waals surface area contributed by atoms with E-state index in [1.807, 2.05) is 12.1 Å². The average Bonchev–Trinajstić information content (AvgIpc) is 2.94. The molecule has 0 radical (unpaired) electrons. The summed E-state index contributed by atoms with van der Waals surface area (Å²) < 4.78 is 10.6. The number of benzene rings is 1. The Kier molecular flexibility index (Phi) is 5.11. The Morgan fingerprint density at radius 2 is 2.12 bits per heavy atom. The zero-order valence-corrected chi connectivity index (χ0v) is 14.2. The predicted octanol–water partition coefficient (Wildman–Crippen LogP) is 1.64. The highest BCUT2D eigenvalue weighted by atomic mass is 35.5. The minimum Gasteiger partial charge on any atom is -0.442 e. The van der Waals surface area contributed by atoms with Gasteiger partial charge in [-0.15, -0.1) is 0 Å². The molecule has 0 aliphatic carbocycles. The number of anilines is 2. The molecule has 2 saturated heterocycles. The van der Waals surface area contributed by atoms with Gasteiger partial charge in [-0.2, -0.15) is 0 Å². The molecule has 2 fully saturated rings. The molecule has 24 heavy (non-hydrogen) atoms. The van der Waals surface area contributed by atoms with Gasteiger partial charge in [0.05, 0.1) is 37.0 Å². The summed E-state index contributed by atoms with van der Waals surface area (Å²) in [4.78, 5) is 26.7. The van der Waals surface area contributed by atoms with Crippen LogP contribution in [0.15, 0.2) is 18.2 Å². The van der Waals surface area contributed by atoms with E-state index in [0.29, 0.717) is 37.0 Å². The van der Waals surface area contributed by atoms with E-state index in [9.17, 15) is 9.59 Å². The molecule has 2 amide bonds. The summed E-state index contributed by atoms with van der Waals surface area (Å²) in [5.41, 5.74) is 1.62. The zero-order valence-electron chi connectivity index (χ0n) is 13.5. The van der Waals surface area contributed by atoms with Crippen molar-refractivity contribution in [2.24, 2.45) is 0 Å². The van der Waals surface area contributed by atoms with Gasteiger partial charge in [-0.25, -0.2) is 4.79 Å². The summed E-state index contributed by atoms with van der Waals surface area (Å²) in [6, 6.07) is 5.55. The largest absolute Gasteiger partial charge is 0.442 e. The van der Waals surface area contributed by atoms with Crippen LogP contribution in [0.3, 0.4) is 0 Å². The number of carbonyl (C=O) groups excluding carboxylic acids is 2. The first kappa shape index (κ1) is 16.9. The molecule has 2 aliphatic heterocycles. The van der Waals surface area contributed by atoms with Crippen molar-refractivity contribution in [3.8, 4) is 0 Å². The number of carbonyl (C=O) groups is 2. The Bertz CT molecular complexity index is 634. The van der Waals surface area contributed by atoms with Gasteiger partial charge in [0.1, 0.15) is 6.10 Å². The van der Waals surface area contributed by atoms with Gasteiger partial charge < -0.3 is 19.7 Å². The minimum atomic E-state index is -0.430. The lowest BCUT2D eigenvalue weighted by Crippen LogP contribution is -2.36. The third kappa shape index (κ3) is 3.73. The van der Waals surface area contributed by atoms with E-state index in [-0.39, 0.29) is 12.0 Å². The van der Waals surface area contributed by atoms with E-state index in [0.717, 1.165) is 18.8 Å². The van der Waals surface area contributed by atoms with Crippen LogP contribution < -0.4 is 15.1 Å². The second kappa shape index (κ2) is 7.27. The second-order valence-corrected chi connectivity index (χ2v) is 6.20. The molecule has 1 atom stereocenters. The zero-order chi connectivity index (χ0) is 17.1. The number of amides is 2. The van der Waals surface area contributed by atoms with Crippen LogP contribution in [0.25, 0.3) is 0 Å². The molecule has 1 N–H and O–H groups in total. The van der Waals surface area contributed by atoms with Crippen molar-refractivity contribution < 1.29 is 19.1 Å². The first-order valence-electron chi connectivity index (χ1n) is 7.89. The number of nitrogens with zero attached hydrogens (tertiary/aromatic N) is 2. The smallest absolute Gasteiger partial charge is 0.414 e. The van der Waals surface area contributed by atoms with Crippen molar-refractivity contribution in [2.45, 2.75) is 13.0 Å². The molecule has 0 saturated carbocycles. The van der Waals surface area contributed by atoms with Crippen LogP contribution in [0.2, 0.25) is 5.02 Å². The van der Waals surface area contributed by atoms with Gasteiger partial charge in [-0.3, -0.25) is 9.69 Å². The number of cyclic esters (lactones) is 1. The van der Waals surface area contributed by atoms with Crippen molar-refractivity contribution in [1.29, 1.82) is 0 Å². The number of ether oxygens (including phenoxy) is 2. The van der Waals surface area contributed by atoms with Gasteiger partial charge in [-0.1, -0.05) is 11.6 Å². The first-order chi connectivity index (χ1) is 11.5. The van der Waals surface area contributed by atoms with Crippen LogP contribution in [0.1, 0.15) is 6.92 Å². The van der Waals surface area contributed by atoms with E-state index >= 15 is 0 Å². The summed E-state index contributed by atoms with van der Waals surface area (Å²) in [6.07, 6.45) is -0.792. The maximum absolute atomic E-state index is 12.0. The normalized spacial score (nSPS) is 20.9. The minimum absolute atomic E-state index is 0.151. The summed E-state index contributed by atoms with van der Waals surface area (Å²) in [7, 11) is 0. The molecule has 130 valence electrons. The molecule has 3 rings (SSSR count). The fraction of sp³-hybridized carbons (Fsp3) is 0.500. The van der Waals surface area contributed by atoms with E-state index in [1.54, 1.807) is 6.07 Å². The van der Waals surface area contributed by atoms with Crippen LogP contribution >= 0.6 is 11.6 Å². The number of nitrogens with one attached hydrogen (secondary N) is 1. The lowest BCUT2D eigenvalue weighted by molar-refractivity contribution is -0.119. The summed E-state index contributed by atoms with van der Waals surface area (Å²) >= 11 is 6.41. The molecular formula is C16H20ClN3O4. The molecular weight excluding hydrogens is 334 g/mol. The van der Waals surface area contributed by atoms with Gasteiger partial charge in [0, 0.05) is 25.7 Å². The van der Waals surface area contributed by atoms with E-state index < -0.39 is 6.09 Å². The quantitative estimate of drug-likeness (QED) is 0.891. The number of halogens is 1. The van der Waals surface area contributed by atoms with Crippen LogP contribution in [0.4, 0.5) is 16.2 Å². The number of rotatable bonds is 4. The molecule has 2 heterocycles. The first-order valence-corrected chi connectivity index (χ1v) is 8.27. The highest BCUT2D eigenvalue weighted by Crippen LogP contribution is 2.32. The Labute approximate surface area is 145 Å². The van der Waals surface area contributed by atoms with Crippen molar-refractivity contribution in [1.82, 2.24) is 5.32 Å². The van der Waals surface area contributed by atoms with E-state index in [2.05, 4.69) is 10.2 Å². The van der Waals surface area contributed by atoms with Gasteiger partial charge in [-0.05, 0) is 18.2 Å². The van der Waals surface area contributed by atoms with Crippen LogP contribution in [-0.4, -0.2) is 57.5 Å². The molecule has 2 aliphatic rings. The fourth-order valence-corrected chi connectivity index (χ4v) is 3.11. The average molecular weight is 354 g/mol. The molecule has 0 aromatic heterocycles. The Morgan fingerprint density at radius 3 is 2.79 bits per heavy atom. The third-order valence-corrected chi connectivity index (χ3v) is 4.35. The van der Waals surface area contributed by atoms with Crippen molar-refractivity contribution in [2.75, 3.05) is 49.2 Å². The number of hydrogen-bond donors (Lipinski definition) is 1. The Balaban J connectivity index is 1.69. The molecule has 0 bridgehead atoms. The maximum Gasteiger partial charge on any atom is 0.414 e. The van der Waals surface area contributed by atoms with Gasteiger partial charge in [0.2, 0.25) is 5.91 Å². The van der Waals surface area contributed by atoms with E-state index in [4.69, 9.17) is 21.1 Å². The monoisotopic (exact) mass is 353 g/mol.